The van der Waals surface area contributed by atoms with Crippen molar-refractivity contribution in [2.24, 2.45) is 5.92 Å². The van der Waals surface area contributed by atoms with Crippen molar-refractivity contribution in [1.29, 1.82) is 0 Å². The van der Waals surface area contributed by atoms with Gasteiger partial charge in [-0.2, -0.15) is 0 Å². The van der Waals surface area contributed by atoms with Crippen molar-refractivity contribution in [1.82, 2.24) is 0 Å². The molecule has 154 valence electrons. The molecule has 2 aromatic carbocycles. The minimum atomic E-state index is -3.49. The number of anilines is 1. The second-order valence-electron chi connectivity index (χ2n) is 8.22. The van der Waals surface area contributed by atoms with E-state index in [-0.39, 0.29) is 0 Å². The molecule has 1 N–H and O–H groups in total. The average Bonchev–Trinajstić information content (AvgIpc) is 2.67. The van der Waals surface area contributed by atoms with Crippen LogP contribution < -0.4 is 10.2 Å². The SMILES string of the molecule is CC(C)CCO[P@](=O)(c1ccc(N(C)C)cc1)[C@H](O)c1ccc(C(C)C)cc1. The van der Waals surface area contributed by atoms with Crippen molar-refractivity contribution in [2.45, 2.75) is 45.9 Å². The minimum Gasteiger partial charge on any atom is -0.378 e. The summed E-state index contributed by atoms with van der Waals surface area (Å²) in [5.41, 5.74) is 2.81. The lowest BCUT2D eigenvalue weighted by Crippen LogP contribution is -2.17. The van der Waals surface area contributed by atoms with Crippen LogP contribution >= 0.6 is 7.37 Å². The first-order valence-electron chi connectivity index (χ1n) is 9.95. The lowest BCUT2D eigenvalue weighted by atomic mass is 10.0. The first-order valence-corrected chi connectivity index (χ1v) is 11.6. The molecule has 0 aromatic heterocycles. The summed E-state index contributed by atoms with van der Waals surface area (Å²) >= 11 is 0. The molecule has 2 atom stereocenters. The summed E-state index contributed by atoms with van der Waals surface area (Å²) < 4.78 is 19.8. The van der Waals surface area contributed by atoms with Crippen LogP contribution in [0, 0.1) is 5.92 Å². The van der Waals surface area contributed by atoms with Crippen molar-refractivity contribution in [2.75, 3.05) is 25.6 Å². The summed E-state index contributed by atoms with van der Waals surface area (Å²) in [6.07, 6.45) is 0.790. The number of hydrogen-bond acceptors (Lipinski definition) is 4. The van der Waals surface area contributed by atoms with Gasteiger partial charge in [-0.05, 0) is 53.6 Å². The fourth-order valence-corrected chi connectivity index (χ4v) is 5.00. The number of nitrogens with zero attached hydrogens (tertiary/aromatic N) is 1. The molecule has 0 saturated carbocycles. The first kappa shape index (κ1) is 22.7. The molecule has 5 heteroatoms. The summed E-state index contributed by atoms with van der Waals surface area (Å²) in [5.74, 6) is -0.350. The molecule has 0 aliphatic heterocycles. The van der Waals surface area contributed by atoms with E-state index >= 15 is 0 Å². The van der Waals surface area contributed by atoms with Gasteiger partial charge >= 0.3 is 0 Å². The molecule has 28 heavy (non-hydrogen) atoms. The van der Waals surface area contributed by atoms with Crippen molar-refractivity contribution < 1.29 is 14.2 Å². The zero-order chi connectivity index (χ0) is 20.9. The van der Waals surface area contributed by atoms with Crippen LogP contribution in [0.15, 0.2) is 48.5 Å². The van der Waals surface area contributed by atoms with Crippen LogP contribution in [0.3, 0.4) is 0 Å². The predicted molar refractivity (Wildman–Crippen MR) is 119 cm³/mol. The maximum Gasteiger partial charge on any atom is 0.264 e. The van der Waals surface area contributed by atoms with Gasteiger partial charge in [0.15, 0.2) is 5.85 Å². The Bertz CT molecular complexity index is 782. The standard InChI is InChI=1S/C23H34NO3P/c1-17(2)15-16-27-28(26,22-13-11-21(12-14-22)24(5)6)23(25)20-9-7-19(8-10-20)18(3)4/h7-14,17-18,23,25H,15-16H2,1-6H3/t23-,28+/m0/s1. The van der Waals surface area contributed by atoms with Crippen LogP contribution in [0.4, 0.5) is 5.69 Å². The molecule has 0 amide bonds. The normalized spacial score (nSPS) is 14.9. The third-order valence-electron chi connectivity index (χ3n) is 4.93. The summed E-state index contributed by atoms with van der Waals surface area (Å²) in [7, 11) is 0.422. The van der Waals surface area contributed by atoms with E-state index < -0.39 is 13.2 Å². The summed E-state index contributed by atoms with van der Waals surface area (Å²) in [6.45, 7) is 8.79. The van der Waals surface area contributed by atoms with Crippen LogP contribution in [0.1, 0.15) is 57.0 Å². The second-order valence-corrected chi connectivity index (χ2v) is 10.7. The van der Waals surface area contributed by atoms with E-state index in [0.29, 0.717) is 29.3 Å². The summed E-state index contributed by atoms with van der Waals surface area (Å²) in [4.78, 5) is 1.98. The Labute approximate surface area is 170 Å². The van der Waals surface area contributed by atoms with E-state index in [1.807, 2.05) is 55.4 Å². The van der Waals surface area contributed by atoms with E-state index in [9.17, 15) is 9.67 Å². The fourth-order valence-electron chi connectivity index (χ4n) is 2.92. The number of hydrogen-bond donors (Lipinski definition) is 1. The maximum absolute atomic E-state index is 13.9. The average molecular weight is 404 g/mol. The van der Waals surface area contributed by atoms with E-state index in [2.05, 4.69) is 27.7 Å². The lowest BCUT2D eigenvalue weighted by molar-refractivity contribution is 0.209. The highest BCUT2D eigenvalue weighted by Crippen LogP contribution is 2.58. The van der Waals surface area contributed by atoms with Gasteiger partial charge in [0.1, 0.15) is 0 Å². The van der Waals surface area contributed by atoms with Crippen LogP contribution in [0.5, 0.6) is 0 Å². The van der Waals surface area contributed by atoms with Crippen LogP contribution in [0.2, 0.25) is 0 Å². The molecule has 0 aliphatic carbocycles. The topological polar surface area (TPSA) is 49.8 Å². The number of aliphatic hydroxyl groups excluding tert-OH is 1. The summed E-state index contributed by atoms with van der Waals surface area (Å²) in [6, 6.07) is 15.1. The third kappa shape index (κ3) is 5.47. The van der Waals surface area contributed by atoms with E-state index in [1.165, 1.54) is 5.56 Å². The predicted octanol–water partition coefficient (Wildman–Crippen LogP) is 5.53. The highest BCUT2D eigenvalue weighted by molar-refractivity contribution is 7.67. The van der Waals surface area contributed by atoms with Gasteiger partial charge in [-0.1, -0.05) is 52.0 Å². The molecule has 2 rings (SSSR count). The number of aliphatic hydroxyl groups is 1. The Morgan fingerprint density at radius 1 is 0.929 bits per heavy atom. The van der Waals surface area contributed by atoms with Gasteiger partial charge in [0.2, 0.25) is 0 Å². The van der Waals surface area contributed by atoms with Gasteiger partial charge in [-0.15, -0.1) is 0 Å². The van der Waals surface area contributed by atoms with Crippen molar-refractivity contribution >= 4 is 18.4 Å². The zero-order valence-corrected chi connectivity index (χ0v) is 18.8. The van der Waals surface area contributed by atoms with Crippen molar-refractivity contribution in [3.63, 3.8) is 0 Å². The second kappa shape index (κ2) is 9.73. The quantitative estimate of drug-likeness (QED) is 0.559. The van der Waals surface area contributed by atoms with Crippen LogP contribution in [0.25, 0.3) is 0 Å². The van der Waals surface area contributed by atoms with Gasteiger partial charge < -0.3 is 14.5 Å². The Balaban J connectivity index is 2.37. The molecule has 4 nitrogen and oxygen atoms in total. The molecular formula is C23H34NO3P. The van der Waals surface area contributed by atoms with Crippen molar-refractivity contribution in [3.8, 4) is 0 Å². The number of rotatable bonds is 9. The molecule has 0 fully saturated rings. The van der Waals surface area contributed by atoms with Gasteiger partial charge in [0.05, 0.1) is 6.61 Å². The van der Waals surface area contributed by atoms with Crippen LogP contribution in [-0.2, 0) is 9.09 Å². The van der Waals surface area contributed by atoms with Gasteiger partial charge in [-0.25, -0.2) is 0 Å². The highest BCUT2D eigenvalue weighted by Gasteiger charge is 2.36. The number of benzene rings is 2. The molecule has 0 unspecified atom stereocenters. The smallest absolute Gasteiger partial charge is 0.264 e. The molecule has 0 saturated heterocycles. The van der Waals surface area contributed by atoms with Gasteiger partial charge in [-0.3, -0.25) is 4.57 Å². The van der Waals surface area contributed by atoms with E-state index in [1.54, 1.807) is 12.1 Å². The van der Waals surface area contributed by atoms with E-state index in [0.717, 1.165) is 12.1 Å². The molecule has 0 radical (unpaired) electrons. The lowest BCUT2D eigenvalue weighted by Gasteiger charge is -2.26. The zero-order valence-electron chi connectivity index (χ0n) is 17.9. The van der Waals surface area contributed by atoms with Crippen molar-refractivity contribution in [3.05, 3.63) is 59.7 Å². The monoisotopic (exact) mass is 403 g/mol. The van der Waals surface area contributed by atoms with Gasteiger partial charge in [0.25, 0.3) is 7.37 Å². The fraction of sp³-hybridized carbons (Fsp3) is 0.478. The van der Waals surface area contributed by atoms with E-state index in [4.69, 9.17) is 4.52 Å². The Morgan fingerprint density at radius 3 is 1.93 bits per heavy atom. The van der Waals surface area contributed by atoms with Gasteiger partial charge in [0, 0.05) is 25.1 Å². The molecule has 2 aromatic rings. The third-order valence-corrected chi connectivity index (χ3v) is 7.45. The largest absolute Gasteiger partial charge is 0.378 e. The molecular weight excluding hydrogens is 369 g/mol. The molecule has 0 spiro atoms. The first-order chi connectivity index (χ1) is 13.1. The Kier molecular flexibility index (Phi) is 7.88. The maximum atomic E-state index is 13.9. The molecule has 0 bridgehead atoms. The Morgan fingerprint density at radius 2 is 1.46 bits per heavy atom. The highest BCUT2D eigenvalue weighted by atomic mass is 31.2. The van der Waals surface area contributed by atoms with Crippen LogP contribution in [-0.4, -0.2) is 25.8 Å². The molecule has 0 aliphatic rings. The molecule has 0 heterocycles. The summed E-state index contributed by atoms with van der Waals surface area (Å²) in [5, 5.41) is 11.6. The minimum absolute atomic E-state index is 0.353. The Hall–Kier alpha value is -1.61.